The first kappa shape index (κ1) is 13.9. The van der Waals surface area contributed by atoms with Crippen molar-refractivity contribution in [1.82, 2.24) is 10.2 Å². The highest BCUT2D eigenvalue weighted by atomic mass is 16.5. The van der Waals surface area contributed by atoms with Crippen LogP contribution in [0.4, 0.5) is 0 Å². The van der Waals surface area contributed by atoms with E-state index in [1.54, 1.807) is 0 Å². The molecule has 1 saturated heterocycles. The van der Waals surface area contributed by atoms with E-state index in [1.165, 1.54) is 31.4 Å². The Bertz CT molecular complexity index is 435. The molecule has 1 N–H and O–H groups in total. The Balaban J connectivity index is 1.57. The normalized spacial score (nSPS) is 25.6. The van der Waals surface area contributed by atoms with Crippen LogP contribution >= 0.6 is 0 Å². The summed E-state index contributed by atoms with van der Waals surface area (Å²) in [5.74, 6) is 1.65. The molecule has 3 nitrogen and oxygen atoms in total. The maximum absolute atomic E-state index is 5.81. The van der Waals surface area contributed by atoms with Gasteiger partial charge in [-0.05, 0) is 38.4 Å². The van der Waals surface area contributed by atoms with Gasteiger partial charge in [0.25, 0.3) is 0 Å². The monoisotopic (exact) mass is 274 g/mol. The van der Waals surface area contributed by atoms with Crippen LogP contribution in [0.1, 0.15) is 37.7 Å². The molecule has 110 valence electrons. The van der Waals surface area contributed by atoms with Crippen LogP contribution in [0.3, 0.4) is 0 Å². The minimum absolute atomic E-state index is 0.554. The van der Waals surface area contributed by atoms with Crippen molar-refractivity contribution in [2.75, 3.05) is 32.8 Å². The Kier molecular flexibility index (Phi) is 4.58. The lowest BCUT2D eigenvalue weighted by atomic mass is 10.0. The summed E-state index contributed by atoms with van der Waals surface area (Å²) in [6.07, 6.45) is 3.90. The number of hydrogen-bond acceptors (Lipinski definition) is 3. The van der Waals surface area contributed by atoms with Gasteiger partial charge >= 0.3 is 0 Å². The SMILES string of the molecule is CCCNCC1CCCN1CC1COc2ccccc21. The third kappa shape index (κ3) is 2.99. The summed E-state index contributed by atoms with van der Waals surface area (Å²) in [4.78, 5) is 2.67. The van der Waals surface area contributed by atoms with Crippen molar-refractivity contribution in [3.05, 3.63) is 29.8 Å². The number of likely N-dealkylation sites (tertiary alicyclic amines) is 1. The fourth-order valence-electron chi connectivity index (χ4n) is 3.48. The molecule has 2 unspecified atom stereocenters. The molecule has 0 amide bonds. The predicted molar refractivity (Wildman–Crippen MR) is 82.4 cm³/mol. The summed E-state index contributed by atoms with van der Waals surface area (Å²) < 4.78 is 5.81. The topological polar surface area (TPSA) is 24.5 Å². The van der Waals surface area contributed by atoms with Gasteiger partial charge in [0.1, 0.15) is 5.75 Å². The van der Waals surface area contributed by atoms with E-state index in [9.17, 15) is 0 Å². The number of nitrogens with zero attached hydrogens (tertiary/aromatic N) is 1. The van der Waals surface area contributed by atoms with Gasteiger partial charge < -0.3 is 10.1 Å². The second-order valence-corrected chi connectivity index (χ2v) is 6.04. The van der Waals surface area contributed by atoms with E-state index in [0.29, 0.717) is 12.0 Å². The van der Waals surface area contributed by atoms with Crippen molar-refractivity contribution in [3.63, 3.8) is 0 Å². The summed E-state index contributed by atoms with van der Waals surface area (Å²) in [5, 5.41) is 3.58. The summed E-state index contributed by atoms with van der Waals surface area (Å²) in [6.45, 7) is 7.76. The highest BCUT2D eigenvalue weighted by molar-refractivity contribution is 5.39. The van der Waals surface area contributed by atoms with Crippen LogP contribution < -0.4 is 10.1 Å². The second-order valence-electron chi connectivity index (χ2n) is 6.04. The first-order valence-electron chi connectivity index (χ1n) is 8.05. The number of para-hydroxylation sites is 1. The Labute approximate surface area is 122 Å². The quantitative estimate of drug-likeness (QED) is 0.807. The molecule has 1 aromatic carbocycles. The zero-order valence-electron chi connectivity index (χ0n) is 12.5. The van der Waals surface area contributed by atoms with Gasteiger partial charge in [-0.1, -0.05) is 25.1 Å². The first-order valence-corrected chi connectivity index (χ1v) is 8.05. The predicted octanol–water partition coefficient (Wildman–Crippen LogP) is 2.63. The molecular formula is C17H26N2O. The molecule has 2 aliphatic heterocycles. The molecule has 2 aliphatic rings. The van der Waals surface area contributed by atoms with E-state index in [-0.39, 0.29) is 0 Å². The molecule has 1 aromatic rings. The van der Waals surface area contributed by atoms with Gasteiger partial charge in [0.2, 0.25) is 0 Å². The van der Waals surface area contributed by atoms with Gasteiger partial charge in [0.05, 0.1) is 6.61 Å². The molecule has 3 rings (SSSR count). The Morgan fingerprint density at radius 2 is 2.25 bits per heavy atom. The van der Waals surface area contributed by atoms with E-state index in [0.717, 1.165) is 32.0 Å². The van der Waals surface area contributed by atoms with Crippen LogP contribution in [0.15, 0.2) is 24.3 Å². The number of benzene rings is 1. The third-order valence-corrected chi connectivity index (χ3v) is 4.56. The van der Waals surface area contributed by atoms with Gasteiger partial charge in [-0.25, -0.2) is 0 Å². The van der Waals surface area contributed by atoms with E-state index in [2.05, 4.69) is 41.4 Å². The standard InChI is InChI=1S/C17H26N2O/c1-2-9-18-11-15-6-5-10-19(15)12-14-13-20-17-8-4-3-7-16(14)17/h3-4,7-8,14-15,18H,2,5-6,9-13H2,1H3. The molecule has 0 spiro atoms. The number of ether oxygens (including phenoxy) is 1. The van der Waals surface area contributed by atoms with Gasteiger partial charge in [-0.15, -0.1) is 0 Å². The number of rotatable bonds is 6. The first-order chi connectivity index (χ1) is 9.88. The number of hydrogen-bond donors (Lipinski definition) is 1. The third-order valence-electron chi connectivity index (χ3n) is 4.56. The van der Waals surface area contributed by atoms with Crippen molar-refractivity contribution in [2.45, 2.75) is 38.1 Å². The average Bonchev–Trinajstić information content (AvgIpc) is 3.08. The molecule has 2 heterocycles. The van der Waals surface area contributed by atoms with Crippen molar-refractivity contribution < 1.29 is 4.74 Å². The Morgan fingerprint density at radius 3 is 3.15 bits per heavy atom. The molecule has 3 heteroatoms. The maximum Gasteiger partial charge on any atom is 0.122 e. The highest BCUT2D eigenvalue weighted by Crippen LogP contribution is 2.35. The molecule has 0 radical (unpaired) electrons. The second kappa shape index (κ2) is 6.59. The van der Waals surface area contributed by atoms with Crippen LogP contribution in [-0.2, 0) is 0 Å². The van der Waals surface area contributed by atoms with Crippen LogP contribution in [0.25, 0.3) is 0 Å². The molecule has 2 atom stereocenters. The molecular weight excluding hydrogens is 248 g/mol. The average molecular weight is 274 g/mol. The van der Waals surface area contributed by atoms with Crippen LogP contribution in [-0.4, -0.2) is 43.7 Å². The highest BCUT2D eigenvalue weighted by Gasteiger charge is 2.30. The molecule has 1 fully saturated rings. The minimum atomic E-state index is 0.554. The lowest BCUT2D eigenvalue weighted by molar-refractivity contribution is 0.215. The maximum atomic E-state index is 5.81. The van der Waals surface area contributed by atoms with E-state index >= 15 is 0 Å². The summed E-state index contributed by atoms with van der Waals surface area (Å²) in [6, 6.07) is 9.24. The largest absolute Gasteiger partial charge is 0.493 e. The van der Waals surface area contributed by atoms with Gasteiger partial charge in [0, 0.05) is 30.6 Å². The van der Waals surface area contributed by atoms with E-state index < -0.39 is 0 Å². The van der Waals surface area contributed by atoms with Gasteiger partial charge in [0.15, 0.2) is 0 Å². The Morgan fingerprint density at radius 1 is 1.35 bits per heavy atom. The summed E-state index contributed by atoms with van der Waals surface area (Å²) in [7, 11) is 0. The molecule has 0 aromatic heterocycles. The summed E-state index contributed by atoms with van der Waals surface area (Å²) >= 11 is 0. The van der Waals surface area contributed by atoms with Crippen LogP contribution in [0.2, 0.25) is 0 Å². The number of nitrogens with one attached hydrogen (secondary N) is 1. The van der Waals surface area contributed by atoms with E-state index in [4.69, 9.17) is 4.74 Å². The zero-order valence-corrected chi connectivity index (χ0v) is 12.5. The van der Waals surface area contributed by atoms with E-state index in [1.807, 2.05) is 0 Å². The fourth-order valence-corrected chi connectivity index (χ4v) is 3.48. The fraction of sp³-hybridized carbons (Fsp3) is 0.647. The lowest BCUT2D eigenvalue weighted by Gasteiger charge is -2.27. The van der Waals surface area contributed by atoms with Gasteiger partial charge in [-0.2, -0.15) is 0 Å². The van der Waals surface area contributed by atoms with Crippen molar-refractivity contribution in [1.29, 1.82) is 0 Å². The van der Waals surface area contributed by atoms with Crippen LogP contribution in [0.5, 0.6) is 5.75 Å². The van der Waals surface area contributed by atoms with Crippen molar-refractivity contribution >= 4 is 0 Å². The number of fused-ring (bicyclic) bond motifs is 1. The summed E-state index contributed by atoms with van der Waals surface area (Å²) in [5.41, 5.74) is 1.40. The zero-order chi connectivity index (χ0) is 13.8. The van der Waals surface area contributed by atoms with Gasteiger partial charge in [-0.3, -0.25) is 4.90 Å². The minimum Gasteiger partial charge on any atom is -0.493 e. The van der Waals surface area contributed by atoms with Crippen molar-refractivity contribution in [3.8, 4) is 5.75 Å². The molecule has 0 aliphatic carbocycles. The lowest BCUT2D eigenvalue weighted by Crippen LogP contribution is -2.40. The van der Waals surface area contributed by atoms with Crippen LogP contribution in [0, 0.1) is 0 Å². The Hall–Kier alpha value is -1.06. The smallest absolute Gasteiger partial charge is 0.122 e. The molecule has 0 saturated carbocycles. The van der Waals surface area contributed by atoms with Crippen molar-refractivity contribution in [2.24, 2.45) is 0 Å². The molecule has 0 bridgehead atoms. The molecule has 20 heavy (non-hydrogen) atoms.